The minimum atomic E-state index is -1.62. The predicted molar refractivity (Wildman–Crippen MR) is 81.7 cm³/mol. The molecule has 2 amide bonds. The molecule has 3 N–H and O–H groups in total. The molecule has 0 aliphatic heterocycles. The Balaban J connectivity index is 1.65. The number of fused-ring (bicyclic) bond motifs is 1. The highest BCUT2D eigenvalue weighted by Gasteiger charge is 2.14. The summed E-state index contributed by atoms with van der Waals surface area (Å²) < 4.78 is 40.2. The van der Waals surface area contributed by atoms with Crippen molar-refractivity contribution in [1.82, 2.24) is 10.4 Å². The molecule has 1 aromatic heterocycles. The zero-order chi connectivity index (χ0) is 16.4. The number of thiazole rings is 1. The number of para-hydroxylation sites is 1. The number of hydrogen-bond donors (Lipinski definition) is 3. The smallest absolute Gasteiger partial charge is 0.294 e. The van der Waals surface area contributed by atoms with Crippen LogP contribution in [-0.2, 0) is 0 Å². The number of anilines is 2. The first-order valence-electron chi connectivity index (χ1n) is 6.36. The Morgan fingerprint density at radius 2 is 1.83 bits per heavy atom. The fraction of sp³-hybridized carbons (Fsp3) is 0. The van der Waals surface area contributed by atoms with Gasteiger partial charge in [0.1, 0.15) is 0 Å². The van der Waals surface area contributed by atoms with E-state index in [0.29, 0.717) is 5.13 Å². The molecule has 0 aliphatic rings. The van der Waals surface area contributed by atoms with Crippen LogP contribution in [0.1, 0.15) is 0 Å². The van der Waals surface area contributed by atoms with Gasteiger partial charge in [0.25, 0.3) is 0 Å². The van der Waals surface area contributed by atoms with Gasteiger partial charge in [0.2, 0.25) is 0 Å². The van der Waals surface area contributed by atoms with Crippen molar-refractivity contribution in [1.29, 1.82) is 0 Å². The molecule has 3 aromatic rings. The van der Waals surface area contributed by atoms with E-state index in [1.54, 1.807) is 6.07 Å². The van der Waals surface area contributed by atoms with Crippen molar-refractivity contribution in [2.24, 2.45) is 0 Å². The lowest BCUT2D eigenvalue weighted by atomic mass is 10.3. The minimum Gasteiger partial charge on any atom is -0.294 e. The molecule has 23 heavy (non-hydrogen) atoms. The van der Waals surface area contributed by atoms with Crippen LogP contribution in [0.3, 0.4) is 0 Å². The molecule has 5 nitrogen and oxygen atoms in total. The van der Waals surface area contributed by atoms with E-state index in [1.807, 2.05) is 18.2 Å². The zero-order valence-electron chi connectivity index (χ0n) is 11.4. The summed E-state index contributed by atoms with van der Waals surface area (Å²) >= 11 is 1.26. The van der Waals surface area contributed by atoms with Crippen LogP contribution in [0, 0.1) is 17.5 Å². The van der Waals surface area contributed by atoms with Gasteiger partial charge in [0.15, 0.2) is 22.6 Å². The molecule has 0 saturated carbocycles. The zero-order valence-corrected chi connectivity index (χ0v) is 12.2. The first-order chi connectivity index (χ1) is 11.0. The second kappa shape index (κ2) is 6.13. The monoisotopic (exact) mass is 338 g/mol. The number of nitrogens with one attached hydrogen (secondary N) is 3. The first-order valence-corrected chi connectivity index (χ1v) is 7.18. The van der Waals surface area contributed by atoms with Crippen LogP contribution in [-0.4, -0.2) is 11.0 Å². The van der Waals surface area contributed by atoms with E-state index in [1.165, 1.54) is 11.3 Å². The van der Waals surface area contributed by atoms with Crippen LogP contribution in [0.5, 0.6) is 0 Å². The molecule has 9 heteroatoms. The number of aromatic nitrogens is 1. The largest absolute Gasteiger partial charge is 0.339 e. The molecule has 0 spiro atoms. The summed E-state index contributed by atoms with van der Waals surface area (Å²) in [5, 5.41) is 2.80. The number of urea groups is 1. The second-order valence-corrected chi connectivity index (χ2v) is 5.44. The lowest BCUT2D eigenvalue weighted by Crippen LogP contribution is -2.34. The fourth-order valence-electron chi connectivity index (χ4n) is 1.80. The Kier molecular flexibility index (Phi) is 4.02. The molecule has 0 bridgehead atoms. The van der Waals surface area contributed by atoms with Gasteiger partial charge >= 0.3 is 6.03 Å². The quantitative estimate of drug-likeness (QED) is 0.502. The Morgan fingerprint density at radius 1 is 1.04 bits per heavy atom. The van der Waals surface area contributed by atoms with E-state index in [0.717, 1.165) is 22.3 Å². The second-order valence-electron chi connectivity index (χ2n) is 4.41. The van der Waals surface area contributed by atoms with E-state index in [2.05, 4.69) is 21.2 Å². The standard InChI is InChI=1S/C14H9F3N4OS/c15-7-5-6-9(12(17)11(7)16)20-21-13(22)19-14-18-8-3-1-2-4-10(8)23-14/h1-6,20H,(H2,18,19,21,22). The van der Waals surface area contributed by atoms with E-state index < -0.39 is 29.2 Å². The third-order valence-electron chi connectivity index (χ3n) is 2.86. The van der Waals surface area contributed by atoms with Gasteiger partial charge in [-0.15, -0.1) is 0 Å². The molecular weight excluding hydrogens is 329 g/mol. The number of carbonyl (C=O) groups is 1. The van der Waals surface area contributed by atoms with Crippen LogP contribution < -0.4 is 16.2 Å². The molecular formula is C14H9F3N4OS. The fourth-order valence-corrected chi connectivity index (χ4v) is 2.66. The molecule has 0 fully saturated rings. The van der Waals surface area contributed by atoms with Crippen molar-refractivity contribution in [2.75, 3.05) is 10.7 Å². The van der Waals surface area contributed by atoms with Gasteiger partial charge in [-0.25, -0.2) is 22.9 Å². The lowest BCUT2D eigenvalue weighted by molar-refractivity contribution is 0.254. The molecule has 0 radical (unpaired) electrons. The van der Waals surface area contributed by atoms with Gasteiger partial charge in [-0.2, -0.15) is 0 Å². The van der Waals surface area contributed by atoms with Crippen LogP contribution in [0.25, 0.3) is 10.2 Å². The first kappa shape index (κ1) is 15.1. The maximum absolute atomic E-state index is 13.4. The molecule has 0 unspecified atom stereocenters. The summed E-state index contributed by atoms with van der Waals surface area (Å²) in [5.74, 6) is -4.36. The topological polar surface area (TPSA) is 66.1 Å². The van der Waals surface area contributed by atoms with Gasteiger partial charge < -0.3 is 0 Å². The van der Waals surface area contributed by atoms with E-state index in [-0.39, 0.29) is 0 Å². The summed E-state index contributed by atoms with van der Waals surface area (Å²) in [5.41, 5.74) is 4.61. The van der Waals surface area contributed by atoms with Crippen molar-refractivity contribution in [2.45, 2.75) is 0 Å². The van der Waals surface area contributed by atoms with Crippen LogP contribution >= 0.6 is 11.3 Å². The Hall–Kier alpha value is -2.81. The van der Waals surface area contributed by atoms with Gasteiger partial charge in [-0.05, 0) is 24.3 Å². The highest BCUT2D eigenvalue weighted by Crippen LogP contribution is 2.25. The summed E-state index contributed by atoms with van der Waals surface area (Å²) in [7, 11) is 0. The van der Waals surface area contributed by atoms with Crippen molar-refractivity contribution in [3.8, 4) is 0 Å². The Labute approximate surface area is 132 Å². The summed E-state index contributed by atoms with van der Waals surface area (Å²) in [6, 6.07) is 8.29. The maximum Gasteiger partial charge on any atom is 0.339 e. The van der Waals surface area contributed by atoms with Gasteiger partial charge in [0.05, 0.1) is 15.9 Å². The average Bonchev–Trinajstić information content (AvgIpc) is 2.94. The third-order valence-corrected chi connectivity index (χ3v) is 3.81. The van der Waals surface area contributed by atoms with E-state index in [9.17, 15) is 18.0 Å². The number of halogens is 3. The van der Waals surface area contributed by atoms with Crippen molar-refractivity contribution in [3.05, 3.63) is 53.8 Å². The minimum absolute atomic E-state index is 0.344. The Bertz CT molecular complexity index is 851. The molecule has 2 aromatic carbocycles. The molecule has 0 atom stereocenters. The molecule has 3 rings (SSSR count). The predicted octanol–water partition coefficient (Wildman–Crippen LogP) is 3.86. The number of hydrogen-bond acceptors (Lipinski definition) is 4. The normalized spacial score (nSPS) is 10.6. The van der Waals surface area contributed by atoms with E-state index in [4.69, 9.17) is 0 Å². The van der Waals surface area contributed by atoms with Crippen molar-refractivity contribution >= 4 is 38.4 Å². The maximum atomic E-state index is 13.4. The SMILES string of the molecule is O=C(NNc1ccc(F)c(F)c1F)Nc1nc2ccccc2s1. The number of hydrazine groups is 1. The van der Waals surface area contributed by atoms with Gasteiger partial charge in [-0.3, -0.25) is 16.2 Å². The number of benzene rings is 2. The highest BCUT2D eigenvalue weighted by molar-refractivity contribution is 7.22. The molecule has 118 valence electrons. The van der Waals surface area contributed by atoms with Gasteiger partial charge in [-0.1, -0.05) is 23.5 Å². The van der Waals surface area contributed by atoms with Gasteiger partial charge in [0, 0.05) is 0 Å². The molecule has 0 saturated heterocycles. The summed E-state index contributed by atoms with van der Waals surface area (Å²) in [4.78, 5) is 15.9. The summed E-state index contributed by atoms with van der Waals surface area (Å²) in [6.45, 7) is 0. The van der Waals surface area contributed by atoms with Crippen molar-refractivity contribution in [3.63, 3.8) is 0 Å². The van der Waals surface area contributed by atoms with Crippen LogP contribution in [0.4, 0.5) is 28.8 Å². The number of nitrogens with zero attached hydrogens (tertiary/aromatic N) is 1. The molecule has 0 aliphatic carbocycles. The number of rotatable bonds is 3. The summed E-state index contributed by atoms with van der Waals surface area (Å²) in [6.07, 6.45) is 0. The Morgan fingerprint density at radius 3 is 2.61 bits per heavy atom. The lowest BCUT2D eigenvalue weighted by Gasteiger charge is -2.09. The van der Waals surface area contributed by atoms with E-state index >= 15 is 0 Å². The highest BCUT2D eigenvalue weighted by atomic mass is 32.1. The molecule has 1 heterocycles. The van der Waals surface area contributed by atoms with Crippen LogP contribution in [0.2, 0.25) is 0 Å². The van der Waals surface area contributed by atoms with Crippen LogP contribution in [0.15, 0.2) is 36.4 Å². The number of carbonyl (C=O) groups excluding carboxylic acids is 1. The average molecular weight is 338 g/mol. The third kappa shape index (κ3) is 3.19. The van der Waals surface area contributed by atoms with Crippen molar-refractivity contribution < 1.29 is 18.0 Å². The number of amides is 2.